The van der Waals surface area contributed by atoms with Crippen LogP contribution in [-0.4, -0.2) is 6.29 Å². The lowest BCUT2D eigenvalue weighted by atomic mass is 10.1. The first-order valence-electron chi connectivity index (χ1n) is 4.79. The molecule has 4 heteroatoms. The topological polar surface area (TPSA) is 17.1 Å². The van der Waals surface area contributed by atoms with Crippen LogP contribution in [0.15, 0.2) is 36.4 Å². The Labute approximate surface area is 91.6 Å². The molecule has 0 spiro atoms. The molecule has 0 atom stereocenters. The minimum atomic E-state index is -4.30. The Balaban J connectivity index is 2.71. The molecule has 86 valence electrons. The molecule has 1 aromatic carbocycles. The summed E-state index contributed by atoms with van der Waals surface area (Å²) in [6.45, 7) is 0. The van der Waals surface area contributed by atoms with Crippen LogP contribution in [0.3, 0.4) is 0 Å². The second-order valence-corrected chi connectivity index (χ2v) is 3.28. The van der Waals surface area contributed by atoms with Crippen LogP contribution in [0.25, 0.3) is 0 Å². The van der Waals surface area contributed by atoms with Gasteiger partial charge in [-0.2, -0.15) is 13.2 Å². The number of aldehydes is 1. The molecule has 0 aliphatic rings. The number of carbonyl (C=O) groups excluding carboxylic acids is 1. The third-order valence-corrected chi connectivity index (χ3v) is 2.01. The first-order valence-corrected chi connectivity index (χ1v) is 4.79. The molecule has 0 heterocycles. The molecule has 0 aliphatic carbocycles. The summed E-state index contributed by atoms with van der Waals surface area (Å²) in [5.41, 5.74) is -0.0641. The van der Waals surface area contributed by atoms with Crippen LogP contribution in [0.5, 0.6) is 0 Å². The minimum absolute atomic E-state index is 0.291. The largest absolute Gasteiger partial charge is 0.416 e. The molecule has 1 aromatic rings. The molecule has 0 bridgehead atoms. The van der Waals surface area contributed by atoms with E-state index in [1.165, 1.54) is 6.07 Å². The van der Waals surface area contributed by atoms with Crippen molar-refractivity contribution in [2.75, 3.05) is 0 Å². The highest BCUT2D eigenvalue weighted by molar-refractivity contribution is 5.51. The number of hydrogen-bond donors (Lipinski definition) is 0. The van der Waals surface area contributed by atoms with Crippen LogP contribution in [0.2, 0.25) is 0 Å². The zero-order chi connectivity index (χ0) is 12.0. The van der Waals surface area contributed by atoms with Crippen LogP contribution in [0, 0.1) is 0 Å². The zero-order valence-corrected chi connectivity index (χ0v) is 8.50. The molecule has 0 N–H and O–H groups in total. The van der Waals surface area contributed by atoms with Gasteiger partial charge < -0.3 is 4.79 Å². The maximum Gasteiger partial charge on any atom is 0.416 e. The van der Waals surface area contributed by atoms with Gasteiger partial charge in [-0.05, 0) is 18.1 Å². The molecule has 1 nitrogen and oxygen atoms in total. The van der Waals surface area contributed by atoms with Crippen LogP contribution < -0.4 is 0 Å². The molecular formula is C12H11F3O. The van der Waals surface area contributed by atoms with E-state index in [1.54, 1.807) is 18.2 Å². The summed E-state index contributed by atoms with van der Waals surface area (Å²) >= 11 is 0. The number of hydrogen-bond acceptors (Lipinski definition) is 1. The van der Waals surface area contributed by atoms with E-state index in [0.717, 1.165) is 18.4 Å². The molecule has 0 radical (unpaired) electrons. The smallest absolute Gasteiger partial charge is 0.303 e. The van der Waals surface area contributed by atoms with E-state index in [0.29, 0.717) is 18.4 Å². The van der Waals surface area contributed by atoms with Gasteiger partial charge in [0.2, 0.25) is 0 Å². The van der Waals surface area contributed by atoms with E-state index >= 15 is 0 Å². The quantitative estimate of drug-likeness (QED) is 0.570. The summed E-state index contributed by atoms with van der Waals surface area (Å²) in [5, 5.41) is 0. The number of benzene rings is 1. The summed E-state index contributed by atoms with van der Waals surface area (Å²) in [4.78, 5) is 10.0. The molecule has 0 fully saturated rings. The van der Waals surface area contributed by atoms with Crippen LogP contribution in [0.1, 0.15) is 17.5 Å². The van der Waals surface area contributed by atoms with E-state index in [4.69, 9.17) is 0 Å². The van der Waals surface area contributed by atoms with Crippen molar-refractivity contribution in [2.24, 2.45) is 0 Å². The summed E-state index contributed by atoms with van der Waals surface area (Å²) in [7, 11) is 0. The number of halogens is 3. The number of rotatable bonds is 4. The first kappa shape index (κ1) is 12.5. The third-order valence-electron chi connectivity index (χ3n) is 2.01. The molecule has 0 aliphatic heterocycles. The van der Waals surface area contributed by atoms with Crippen molar-refractivity contribution in [1.82, 2.24) is 0 Å². The highest BCUT2D eigenvalue weighted by Crippen LogP contribution is 2.29. The molecule has 0 aromatic heterocycles. The Bertz CT molecular complexity index is 380. The molecule has 0 saturated carbocycles. The summed E-state index contributed by atoms with van der Waals surface area (Å²) in [6, 6.07) is 5.16. The van der Waals surface area contributed by atoms with Crippen molar-refractivity contribution in [1.29, 1.82) is 0 Å². The minimum Gasteiger partial charge on any atom is -0.303 e. The van der Waals surface area contributed by atoms with Crippen molar-refractivity contribution < 1.29 is 18.0 Å². The molecule has 0 saturated heterocycles. The number of allylic oxidation sites excluding steroid dienone is 2. The Hall–Kier alpha value is -1.58. The highest BCUT2D eigenvalue weighted by atomic mass is 19.4. The third kappa shape index (κ3) is 3.88. The normalized spacial score (nSPS) is 11.9. The average molecular weight is 228 g/mol. The van der Waals surface area contributed by atoms with Crippen LogP contribution in [-0.2, 0) is 17.4 Å². The lowest BCUT2D eigenvalue weighted by Crippen LogP contribution is -2.04. The van der Waals surface area contributed by atoms with Gasteiger partial charge in [-0.15, -0.1) is 0 Å². The summed E-state index contributed by atoms with van der Waals surface area (Å²) in [5.74, 6) is 0. The fourth-order valence-electron chi connectivity index (χ4n) is 1.25. The Morgan fingerprint density at radius 1 is 1.19 bits per heavy atom. The highest BCUT2D eigenvalue weighted by Gasteiger charge is 2.30. The van der Waals surface area contributed by atoms with Gasteiger partial charge in [-0.3, -0.25) is 0 Å². The standard InChI is InChI=1S/C12H11F3O/c13-12(14,15)11-7-4-6-10(9-11)5-2-1-3-8-16/h1-2,4,6-9H,3,5H2/b2-1-. The predicted molar refractivity (Wildman–Crippen MR) is 55.0 cm³/mol. The van der Waals surface area contributed by atoms with Gasteiger partial charge in [0.15, 0.2) is 0 Å². The lowest BCUT2D eigenvalue weighted by Gasteiger charge is -2.07. The van der Waals surface area contributed by atoms with Gasteiger partial charge in [0.05, 0.1) is 5.56 Å². The van der Waals surface area contributed by atoms with E-state index < -0.39 is 11.7 Å². The van der Waals surface area contributed by atoms with Gasteiger partial charge in [-0.25, -0.2) is 0 Å². The monoisotopic (exact) mass is 228 g/mol. The van der Waals surface area contributed by atoms with Crippen molar-refractivity contribution in [3.63, 3.8) is 0 Å². The number of alkyl halides is 3. The molecule has 1 rings (SSSR count). The molecule has 16 heavy (non-hydrogen) atoms. The SMILES string of the molecule is O=CC/C=C\Cc1cccc(C(F)(F)F)c1. The van der Waals surface area contributed by atoms with Gasteiger partial charge in [0.1, 0.15) is 6.29 Å². The Morgan fingerprint density at radius 2 is 1.94 bits per heavy atom. The average Bonchev–Trinajstić information content (AvgIpc) is 2.24. The second-order valence-electron chi connectivity index (χ2n) is 3.28. The number of carbonyl (C=O) groups is 1. The van der Waals surface area contributed by atoms with Gasteiger partial charge in [0, 0.05) is 6.42 Å². The summed E-state index contributed by atoms with van der Waals surface area (Å²) < 4.78 is 37.0. The predicted octanol–water partition coefficient (Wildman–Crippen LogP) is 3.39. The van der Waals surface area contributed by atoms with Crippen LogP contribution >= 0.6 is 0 Å². The van der Waals surface area contributed by atoms with Gasteiger partial charge in [-0.1, -0.05) is 30.4 Å². The van der Waals surface area contributed by atoms with Crippen molar-refractivity contribution >= 4 is 6.29 Å². The van der Waals surface area contributed by atoms with E-state index in [-0.39, 0.29) is 0 Å². The van der Waals surface area contributed by atoms with Crippen molar-refractivity contribution in [2.45, 2.75) is 19.0 Å². The van der Waals surface area contributed by atoms with E-state index in [9.17, 15) is 18.0 Å². The molecule has 0 unspecified atom stereocenters. The van der Waals surface area contributed by atoms with Gasteiger partial charge in [0.25, 0.3) is 0 Å². The second kappa shape index (κ2) is 5.49. The fourth-order valence-corrected chi connectivity index (χ4v) is 1.25. The molecular weight excluding hydrogens is 217 g/mol. The van der Waals surface area contributed by atoms with E-state index in [2.05, 4.69) is 0 Å². The maximum absolute atomic E-state index is 12.3. The summed E-state index contributed by atoms with van der Waals surface area (Å²) in [6.07, 6.45) is 0.443. The first-order chi connectivity index (χ1) is 7.54. The van der Waals surface area contributed by atoms with E-state index in [1.807, 2.05) is 0 Å². The maximum atomic E-state index is 12.3. The van der Waals surface area contributed by atoms with Gasteiger partial charge >= 0.3 is 6.18 Å². The van der Waals surface area contributed by atoms with Crippen molar-refractivity contribution in [3.8, 4) is 0 Å². The zero-order valence-electron chi connectivity index (χ0n) is 8.50. The molecule has 0 amide bonds. The Morgan fingerprint density at radius 3 is 2.56 bits per heavy atom. The lowest BCUT2D eigenvalue weighted by molar-refractivity contribution is -0.137. The fraction of sp³-hybridized carbons (Fsp3) is 0.250. The van der Waals surface area contributed by atoms with Crippen LogP contribution in [0.4, 0.5) is 13.2 Å². The Kier molecular flexibility index (Phi) is 4.28. The van der Waals surface area contributed by atoms with Crippen molar-refractivity contribution in [3.05, 3.63) is 47.5 Å².